The van der Waals surface area contributed by atoms with Gasteiger partial charge in [0.25, 0.3) is 6.33 Å². The highest BCUT2D eigenvalue weighted by Crippen LogP contribution is 2.46. The van der Waals surface area contributed by atoms with Crippen LogP contribution in [0.25, 0.3) is 106 Å². The molecule has 76 heavy (non-hydrogen) atoms. The second-order valence-electron chi connectivity index (χ2n) is 20.6. The molecule has 0 aliphatic rings. The molecule has 3 aromatic heterocycles. The van der Waals surface area contributed by atoms with Gasteiger partial charge in [0, 0.05) is 28.6 Å². The van der Waals surface area contributed by atoms with Gasteiger partial charge in [-0.25, -0.2) is 4.98 Å². The molecule has 0 saturated carbocycles. The van der Waals surface area contributed by atoms with E-state index < -0.39 is 0 Å². The van der Waals surface area contributed by atoms with Gasteiger partial charge in [0.1, 0.15) is 17.3 Å². The first-order chi connectivity index (χ1) is 37.2. The fourth-order valence-corrected chi connectivity index (χ4v) is 11.0. The van der Waals surface area contributed by atoms with E-state index in [9.17, 15) is 0 Å². The van der Waals surface area contributed by atoms with Crippen LogP contribution in [0.4, 0.5) is 0 Å². The molecule has 0 fully saturated rings. The highest BCUT2D eigenvalue weighted by atomic mass is 16.5. The summed E-state index contributed by atoms with van der Waals surface area (Å²) in [5.41, 5.74) is 19.6. The van der Waals surface area contributed by atoms with Crippen LogP contribution in [0.3, 0.4) is 0 Å². The molecule has 0 bridgehead atoms. The molecule has 0 radical (unpaired) electrons. The van der Waals surface area contributed by atoms with E-state index >= 15 is 0 Å². The average Bonchev–Trinajstić information content (AvgIpc) is 4.01. The Morgan fingerprint density at radius 2 is 1.03 bits per heavy atom. The summed E-state index contributed by atoms with van der Waals surface area (Å²) in [5, 5.41) is 2.26. The molecule has 0 saturated heterocycles. The largest absolute Gasteiger partial charge is 0.457 e. The lowest BCUT2D eigenvalue weighted by molar-refractivity contribution is -0.571. The summed E-state index contributed by atoms with van der Waals surface area (Å²) in [7, 11) is 0. The first-order valence-electron chi connectivity index (χ1n) is 26.0. The Kier molecular flexibility index (Phi) is 11.6. The van der Waals surface area contributed by atoms with Gasteiger partial charge in [0.05, 0.1) is 33.4 Å². The van der Waals surface area contributed by atoms with E-state index in [1.807, 2.05) is 6.20 Å². The molecule has 0 spiro atoms. The van der Waals surface area contributed by atoms with Gasteiger partial charge in [-0.1, -0.05) is 209 Å². The minimum atomic E-state index is -0.0716. The molecule has 0 aliphatic heterocycles. The predicted molar refractivity (Wildman–Crippen MR) is 313 cm³/mol. The molecule has 0 unspecified atom stereocenters. The number of imidazole rings is 1. The van der Waals surface area contributed by atoms with Crippen LogP contribution >= 0.6 is 0 Å². The van der Waals surface area contributed by atoms with Gasteiger partial charge < -0.3 is 4.74 Å². The van der Waals surface area contributed by atoms with Gasteiger partial charge in [-0.15, -0.1) is 0 Å². The summed E-state index contributed by atoms with van der Waals surface area (Å²) in [6.45, 7) is 8.99. The fourth-order valence-electron chi connectivity index (χ4n) is 11.0. The van der Waals surface area contributed by atoms with Gasteiger partial charge in [-0.05, 0) is 128 Å². The lowest BCUT2D eigenvalue weighted by Gasteiger charge is -2.20. The van der Waals surface area contributed by atoms with Crippen LogP contribution in [-0.4, -0.2) is 14.1 Å². The number of benzene rings is 10. The Hall–Kier alpha value is -9.58. The highest BCUT2D eigenvalue weighted by molar-refractivity contribution is 6.11. The van der Waals surface area contributed by atoms with Crippen molar-refractivity contribution in [1.82, 2.24) is 14.1 Å². The molecule has 0 aliphatic carbocycles. The van der Waals surface area contributed by atoms with E-state index in [0.29, 0.717) is 5.75 Å². The minimum Gasteiger partial charge on any atom is -0.457 e. The van der Waals surface area contributed by atoms with E-state index in [1.54, 1.807) is 0 Å². The number of hydrogen-bond donors (Lipinski definition) is 0. The number of para-hydroxylation sites is 4. The van der Waals surface area contributed by atoms with Crippen LogP contribution < -0.4 is 9.30 Å². The van der Waals surface area contributed by atoms with Gasteiger partial charge in [-0.3, -0.25) is 13.7 Å². The van der Waals surface area contributed by atoms with Gasteiger partial charge in [0.15, 0.2) is 0 Å². The Bertz CT molecular complexity index is 4220. The molecule has 5 heteroatoms. The Morgan fingerprint density at radius 3 is 1.70 bits per heavy atom. The topological polar surface area (TPSA) is 35.9 Å². The molecule has 13 aromatic rings. The van der Waals surface area contributed by atoms with Crippen molar-refractivity contribution in [2.24, 2.45) is 0 Å². The van der Waals surface area contributed by atoms with E-state index in [0.717, 1.165) is 111 Å². The fraction of sp³-hybridized carbons (Fsp3) is 0.0704. The number of nitrogens with zero attached hydrogens (tertiary/aromatic N) is 4. The van der Waals surface area contributed by atoms with Crippen molar-refractivity contribution in [2.45, 2.75) is 33.1 Å². The van der Waals surface area contributed by atoms with Crippen LogP contribution in [0.15, 0.2) is 255 Å². The third kappa shape index (κ3) is 8.32. The van der Waals surface area contributed by atoms with Crippen LogP contribution in [0.1, 0.15) is 31.9 Å². The van der Waals surface area contributed by atoms with Crippen molar-refractivity contribution >= 4 is 32.8 Å². The smallest absolute Gasteiger partial charge is 0.269 e. The maximum atomic E-state index is 7.43. The lowest BCUT2D eigenvalue weighted by atomic mass is 9.87. The standard InChI is InChI=1S/C71H54N4O/c1-48-60(52-29-15-8-16-30-52)41-53(49-23-9-5-10-24-49)42-61(48)63-45-62-59-33-17-18-36-64(59)75(69-43-54(39-40-72-69)71(2,3)4)67(62)46-68(63)76-56-32-21-31-55(44-56)73-47-74(66-38-20-19-37-65(66)73)70-57(50-25-11-6-12-26-50)34-22-35-58(70)51-27-13-7-14-28-51/h5-46H,1-4H3. The summed E-state index contributed by atoms with van der Waals surface area (Å²) < 4.78 is 14.1. The molecular weight excluding hydrogens is 925 g/mol. The third-order valence-corrected chi connectivity index (χ3v) is 14.8. The average molecular weight is 979 g/mol. The number of rotatable bonds is 10. The zero-order valence-corrected chi connectivity index (χ0v) is 42.9. The Balaban J connectivity index is 1.03. The summed E-state index contributed by atoms with van der Waals surface area (Å²) in [4.78, 5) is 5.05. The van der Waals surface area contributed by atoms with Crippen LogP contribution in [-0.2, 0) is 5.41 Å². The molecule has 5 nitrogen and oxygen atoms in total. The van der Waals surface area contributed by atoms with E-state index in [-0.39, 0.29) is 5.41 Å². The normalized spacial score (nSPS) is 11.7. The van der Waals surface area contributed by atoms with Crippen LogP contribution in [0, 0.1) is 13.3 Å². The highest BCUT2D eigenvalue weighted by Gasteiger charge is 2.24. The van der Waals surface area contributed by atoms with Crippen LogP contribution in [0.5, 0.6) is 11.5 Å². The number of aromatic nitrogens is 4. The first kappa shape index (κ1) is 46.2. The minimum absolute atomic E-state index is 0.0716. The number of hydrogen-bond acceptors (Lipinski definition) is 2. The molecule has 10 aromatic carbocycles. The van der Waals surface area contributed by atoms with Crippen molar-refractivity contribution in [3.05, 3.63) is 272 Å². The molecule has 364 valence electrons. The van der Waals surface area contributed by atoms with Crippen molar-refractivity contribution in [2.75, 3.05) is 0 Å². The van der Waals surface area contributed by atoms with E-state index in [1.165, 1.54) is 11.1 Å². The molecular formula is C71H54N4O. The zero-order chi connectivity index (χ0) is 51.3. The third-order valence-electron chi connectivity index (χ3n) is 14.8. The number of fused-ring (bicyclic) bond motifs is 4. The van der Waals surface area contributed by atoms with Crippen molar-refractivity contribution < 1.29 is 9.30 Å². The van der Waals surface area contributed by atoms with Crippen molar-refractivity contribution in [3.63, 3.8) is 0 Å². The molecule has 0 atom stereocenters. The Labute approximate surface area is 443 Å². The predicted octanol–water partition coefficient (Wildman–Crippen LogP) is 17.9. The SMILES string of the molecule is Cc1c(-c2ccccc2)cc(-c2ccccc2)cc1-c1cc2c3ccccc3n(-c3cc(C(C)(C)C)ccn3)c2cc1Oc1cccc(-n2[c-][n+](-c3c(-c4ccccc4)cccc3-c3ccccc3)c3ccccc32)c1. The van der Waals surface area contributed by atoms with Crippen LogP contribution in [0.2, 0.25) is 0 Å². The van der Waals surface area contributed by atoms with E-state index in [4.69, 9.17) is 9.72 Å². The summed E-state index contributed by atoms with van der Waals surface area (Å²) in [6, 6.07) is 88.5. The van der Waals surface area contributed by atoms with Crippen molar-refractivity contribution in [3.8, 4) is 84.3 Å². The molecule has 0 amide bonds. The maximum absolute atomic E-state index is 7.43. The van der Waals surface area contributed by atoms with E-state index in [2.05, 4.69) is 296 Å². The lowest BCUT2D eigenvalue weighted by Crippen LogP contribution is -2.31. The molecule has 13 rings (SSSR count). The molecule has 3 heterocycles. The van der Waals surface area contributed by atoms with Crippen molar-refractivity contribution in [1.29, 1.82) is 0 Å². The monoisotopic (exact) mass is 978 g/mol. The Morgan fingerprint density at radius 1 is 0.447 bits per heavy atom. The summed E-state index contributed by atoms with van der Waals surface area (Å²) in [6.07, 6.45) is 5.81. The number of ether oxygens (including phenoxy) is 1. The molecule has 0 N–H and O–H groups in total. The van der Waals surface area contributed by atoms with Gasteiger partial charge in [0.2, 0.25) is 0 Å². The second kappa shape index (κ2) is 19.0. The summed E-state index contributed by atoms with van der Waals surface area (Å²) >= 11 is 0. The second-order valence-corrected chi connectivity index (χ2v) is 20.6. The zero-order valence-electron chi connectivity index (χ0n) is 42.9. The maximum Gasteiger partial charge on any atom is 0.269 e. The number of pyridine rings is 1. The van der Waals surface area contributed by atoms with Gasteiger partial charge >= 0.3 is 0 Å². The first-order valence-corrected chi connectivity index (χ1v) is 26.0. The summed E-state index contributed by atoms with van der Waals surface area (Å²) in [5.74, 6) is 2.29. The quantitative estimate of drug-likeness (QED) is 0.101. The van der Waals surface area contributed by atoms with Gasteiger partial charge in [-0.2, -0.15) is 0 Å².